The molecule has 0 aliphatic rings. The maximum Gasteiger partial charge on any atom is 0.354 e. The average molecular weight is 316 g/mol. The van der Waals surface area contributed by atoms with Crippen LogP contribution in [-0.2, 0) is 9.53 Å². The highest BCUT2D eigenvalue weighted by molar-refractivity contribution is 9.09. The highest BCUT2D eigenvalue weighted by Gasteiger charge is 2.36. The predicted molar refractivity (Wildman–Crippen MR) is 57.2 cm³/mol. The normalized spacial score (nSPS) is 14.1. The molecule has 0 rings (SSSR count). The van der Waals surface area contributed by atoms with Crippen molar-refractivity contribution in [2.75, 3.05) is 6.61 Å². The Balaban J connectivity index is 3.88. The first-order chi connectivity index (χ1) is 5.40. The van der Waals surface area contributed by atoms with Crippen molar-refractivity contribution in [2.45, 2.75) is 15.4 Å². The molecule has 0 aliphatic heterocycles. The largest absolute Gasteiger partial charge is 0.462 e. The van der Waals surface area contributed by atoms with Crippen LogP contribution in [0.4, 0.5) is 0 Å². The summed E-state index contributed by atoms with van der Waals surface area (Å²) in [6, 6.07) is 0. The lowest BCUT2D eigenvalue weighted by molar-refractivity contribution is -0.142. The summed E-state index contributed by atoms with van der Waals surface area (Å²) in [4.78, 5) is 11.0. The minimum atomic E-state index is -1.72. The zero-order chi connectivity index (χ0) is 9.78. The third kappa shape index (κ3) is 5.02. The highest BCUT2D eigenvalue weighted by atomic mass is 79.9. The van der Waals surface area contributed by atoms with Gasteiger partial charge in [0.15, 0.2) is 0 Å². The van der Waals surface area contributed by atoms with Gasteiger partial charge in [-0.3, -0.25) is 0 Å². The molecule has 2 nitrogen and oxygen atoms in total. The molecule has 0 aromatic carbocycles. The van der Waals surface area contributed by atoms with Crippen LogP contribution in [-0.4, -0.2) is 21.1 Å². The molecule has 0 aliphatic carbocycles. The van der Waals surface area contributed by atoms with E-state index in [1.165, 1.54) is 0 Å². The smallest absolute Gasteiger partial charge is 0.354 e. The van der Waals surface area contributed by atoms with Gasteiger partial charge in [0.1, 0.15) is 6.61 Å². The first-order valence-electron chi connectivity index (χ1n) is 2.89. The quantitative estimate of drug-likeness (QED) is 0.588. The molecule has 1 unspecified atom stereocenters. The summed E-state index contributed by atoms with van der Waals surface area (Å²) in [6.07, 6.45) is 0. The Bertz CT molecular complexity index is 165. The Morgan fingerprint density at radius 1 is 1.75 bits per heavy atom. The molecule has 0 saturated carbocycles. The van der Waals surface area contributed by atoms with E-state index in [2.05, 4.69) is 15.9 Å². The molecule has 12 heavy (non-hydrogen) atoms. The summed E-state index contributed by atoms with van der Waals surface area (Å²) in [5.41, 5.74) is 0. The van der Waals surface area contributed by atoms with Crippen molar-refractivity contribution < 1.29 is 9.53 Å². The standard InChI is InChI=1S/C5H6BrCl3O2S/c1-3(6)2-11-4(10)5(7,8)12-9/h3H,2H2,1H3. The second kappa shape index (κ2) is 5.81. The van der Waals surface area contributed by atoms with Gasteiger partial charge in [0.25, 0.3) is 3.67 Å². The molecule has 0 aromatic heterocycles. The number of carbonyl (C=O) groups excluding carboxylic acids is 1. The van der Waals surface area contributed by atoms with Crippen LogP contribution < -0.4 is 0 Å². The lowest BCUT2D eigenvalue weighted by atomic mass is 10.5. The number of halogens is 4. The summed E-state index contributed by atoms with van der Waals surface area (Å²) in [5, 5.41) is 0. The lowest BCUT2D eigenvalue weighted by Gasteiger charge is -2.14. The molecule has 0 aromatic rings. The fourth-order valence-electron chi connectivity index (χ4n) is 0.306. The van der Waals surface area contributed by atoms with Gasteiger partial charge < -0.3 is 4.74 Å². The molecule has 0 amide bonds. The second-order valence-electron chi connectivity index (χ2n) is 1.97. The van der Waals surface area contributed by atoms with Crippen molar-refractivity contribution in [1.82, 2.24) is 0 Å². The molecule has 0 fully saturated rings. The van der Waals surface area contributed by atoms with E-state index in [0.717, 1.165) is 0 Å². The van der Waals surface area contributed by atoms with E-state index in [0.29, 0.717) is 11.0 Å². The summed E-state index contributed by atoms with van der Waals surface area (Å²) < 4.78 is 2.99. The Morgan fingerprint density at radius 2 is 2.25 bits per heavy atom. The molecule has 0 bridgehead atoms. The number of esters is 1. The lowest BCUT2D eigenvalue weighted by Crippen LogP contribution is -2.25. The molecule has 7 heteroatoms. The molecule has 0 radical (unpaired) electrons. The minimum Gasteiger partial charge on any atom is -0.462 e. The summed E-state index contributed by atoms with van der Waals surface area (Å²) in [5.74, 6) is -0.753. The van der Waals surface area contributed by atoms with Crippen LogP contribution in [0, 0.1) is 0 Å². The molecular weight excluding hydrogens is 310 g/mol. The third-order valence-electron chi connectivity index (χ3n) is 0.779. The number of hydrogen-bond donors (Lipinski definition) is 0. The fraction of sp³-hybridized carbons (Fsp3) is 0.800. The van der Waals surface area contributed by atoms with Crippen LogP contribution in [0.3, 0.4) is 0 Å². The third-order valence-corrected chi connectivity index (χ3v) is 3.34. The minimum absolute atomic E-state index is 0.0610. The average Bonchev–Trinajstić information content (AvgIpc) is 2.00. The van der Waals surface area contributed by atoms with Gasteiger partial charge in [0.2, 0.25) is 0 Å². The van der Waals surface area contributed by atoms with E-state index in [9.17, 15) is 4.79 Å². The predicted octanol–water partition coefficient (Wildman–Crippen LogP) is 3.33. The Hall–Kier alpha value is 1.17. The van der Waals surface area contributed by atoms with E-state index in [-0.39, 0.29) is 11.4 Å². The molecule has 0 spiro atoms. The first-order valence-corrected chi connectivity index (χ1v) is 6.20. The number of alkyl halides is 3. The van der Waals surface area contributed by atoms with Crippen LogP contribution in [0.1, 0.15) is 6.92 Å². The van der Waals surface area contributed by atoms with Crippen LogP contribution in [0.15, 0.2) is 0 Å². The molecular formula is C5H6BrCl3O2S. The summed E-state index contributed by atoms with van der Waals surface area (Å²) >= 11 is 14.1. The Labute approximate surface area is 97.9 Å². The van der Waals surface area contributed by atoms with Gasteiger partial charge in [-0.05, 0) is 28.6 Å². The van der Waals surface area contributed by atoms with E-state index in [1.807, 2.05) is 6.92 Å². The molecule has 0 saturated heterocycles. The van der Waals surface area contributed by atoms with Crippen molar-refractivity contribution in [3.05, 3.63) is 0 Å². The van der Waals surface area contributed by atoms with Crippen LogP contribution in [0.25, 0.3) is 0 Å². The topological polar surface area (TPSA) is 26.3 Å². The van der Waals surface area contributed by atoms with Gasteiger partial charge >= 0.3 is 5.97 Å². The second-order valence-corrected chi connectivity index (χ2v) is 6.54. The van der Waals surface area contributed by atoms with Gasteiger partial charge in [-0.1, -0.05) is 39.1 Å². The number of carbonyl (C=O) groups is 1. The van der Waals surface area contributed by atoms with E-state index < -0.39 is 9.63 Å². The van der Waals surface area contributed by atoms with E-state index in [1.54, 1.807) is 0 Å². The molecule has 72 valence electrons. The monoisotopic (exact) mass is 314 g/mol. The van der Waals surface area contributed by atoms with E-state index >= 15 is 0 Å². The van der Waals surface area contributed by atoms with Crippen molar-refractivity contribution in [3.8, 4) is 0 Å². The number of hydrogen-bond acceptors (Lipinski definition) is 3. The number of rotatable bonds is 4. The van der Waals surface area contributed by atoms with Gasteiger partial charge in [-0.2, -0.15) is 0 Å². The van der Waals surface area contributed by atoms with Crippen LogP contribution >= 0.6 is 60.8 Å². The fourth-order valence-corrected chi connectivity index (χ4v) is 0.858. The van der Waals surface area contributed by atoms with Crippen molar-refractivity contribution >= 4 is 66.8 Å². The van der Waals surface area contributed by atoms with Gasteiger partial charge in [-0.25, -0.2) is 4.79 Å². The number of ether oxygens (including phenoxy) is 1. The van der Waals surface area contributed by atoms with Gasteiger partial charge in [-0.15, -0.1) is 0 Å². The van der Waals surface area contributed by atoms with Gasteiger partial charge in [0, 0.05) is 4.83 Å². The molecule has 1 atom stereocenters. The Kier molecular flexibility index (Phi) is 6.37. The first kappa shape index (κ1) is 13.2. The van der Waals surface area contributed by atoms with Crippen LogP contribution in [0.2, 0.25) is 0 Å². The zero-order valence-corrected chi connectivity index (χ0v) is 10.7. The van der Waals surface area contributed by atoms with Crippen molar-refractivity contribution in [1.29, 1.82) is 0 Å². The van der Waals surface area contributed by atoms with Crippen molar-refractivity contribution in [2.24, 2.45) is 0 Å². The molecule has 0 N–H and O–H groups in total. The maximum atomic E-state index is 11.0. The van der Waals surface area contributed by atoms with Gasteiger partial charge in [0.05, 0.1) is 0 Å². The summed E-state index contributed by atoms with van der Waals surface area (Å²) in [7, 11) is 5.74. The highest BCUT2D eigenvalue weighted by Crippen LogP contribution is 2.38. The Morgan fingerprint density at radius 3 is 2.58 bits per heavy atom. The van der Waals surface area contributed by atoms with E-state index in [4.69, 9.17) is 38.6 Å². The molecule has 0 heterocycles. The zero-order valence-electron chi connectivity index (χ0n) is 6.02. The summed E-state index contributed by atoms with van der Waals surface area (Å²) in [6.45, 7) is 2.03. The van der Waals surface area contributed by atoms with Crippen LogP contribution in [0.5, 0.6) is 0 Å². The van der Waals surface area contributed by atoms with Crippen molar-refractivity contribution in [3.63, 3.8) is 0 Å². The maximum absolute atomic E-state index is 11.0. The SMILES string of the molecule is CC(Br)COC(=O)C(Cl)(Cl)SCl.